The molecule has 0 aliphatic heterocycles. The third-order valence-electron chi connectivity index (χ3n) is 3.47. The number of aromatic hydroxyl groups is 1. The van der Waals surface area contributed by atoms with Gasteiger partial charge in [-0.2, -0.15) is 0 Å². The summed E-state index contributed by atoms with van der Waals surface area (Å²) in [4.78, 5) is 28.4. The molecule has 3 rings (SSSR count). The highest BCUT2D eigenvalue weighted by Crippen LogP contribution is 2.28. The fourth-order valence-corrected chi connectivity index (χ4v) is 2.29. The number of pyridine rings is 1. The maximum Gasteiger partial charge on any atom is 0.331 e. The van der Waals surface area contributed by atoms with Crippen LogP contribution < -0.4 is 11.2 Å². The van der Waals surface area contributed by atoms with Crippen molar-refractivity contribution in [3.8, 4) is 17.0 Å². The zero-order valence-electron chi connectivity index (χ0n) is 11.6. The molecule has 3 aromatic rings. The van der Waals surface area contributed by atoms with Crippen LogP contribution in [0.2, 0.25) is 0 Å². The van der Waals surface area contributed by atoms with Gasteiger partial charge in [0.1, 0.15) is 11.4 Å². The monoisotopic (exact) mass is 283 g/mol. The number of hydrogen-bond acceptors (Lipinski definition) is 4. The van der Waals surface area contributed by atoms with Crippen LogP contribution in [-0.2, 0) is 14.1 Å². The molecule has 2 aromatic heterocycles. The standard InChI is InChI=1S/C15H13N3O3/c1-17-10-8-11(19)12(9-6-4-3-5-7-9)16-13(10)14(20)18(2)15(17)21/h3-8,19H,1-2H3. The lowest BCUT2D eigenvalue weighted by atomic mass is 10.1. The topological polar surface area (TPSA) is 77.1 Å². The molecule has 21 heavy (non-hydrogen) atoms. The predicted octanol–water partition coefficient (Wildman–Crippen LogP) is 1.00. The number of fused-ring (bicyclic) bond motifs is 1. The van der Waals surface area contributed by atoms with E-state index in [1.165, 1.54) is 24.7 Å². The Morgan fingerprint density at radius 1 is 1.05 bits per heavy atom. The Hall–Kier alpha value is -2.89. The Morgan fingerprint density at radius 2 is 1.71 bits per heavy atom. The molecule has 0 atom stereocenters. The highest BCUT2D eigenvalue weighted by molar-refractivity contribution is 5.81. The second kappa shape index (κ2) is 4.59. The molecular weight excluding hydrogens is 270 g/mol. The largest absolute Gasteiger partial charge is 0.506 e. The molecule has 6 heteroatoms. The van der Waals surface area contributed by atoms with Crippen LogP contribution in [0.15, 0.2) is 46.0 Å². The minimum absolute atomic E-state index is 0.0723. The van der Waals surface area contributed by atoms with Crippen molar-refractivity contribution in [2.75, 3.05) is 0 Å². The molecule has 0 spiro atoms. The quantitative estimate of drug-likeness (QED) is 0.723. The Bertz CT molecular complexity index is 956. The molecule has 0 saturated carbocycles. The summed E-state index contributed by atoms with van der Waals surface area (Å²) in [6.07, 6.45) is 0. The molecule has 0 radical (unpaired) electrons. The Balaban J connectivity index is 2.45. The molecule has 0 amide bonds. The summed E-state index contributed by atoms with van der Waals surface area (Å²) in [5, 5.41) is 10.2. The number of aryl methyl sites for hydroxylation is 1. The first-order valence-corrected chi connectivity index (χ1v) is 6.36. The second-order valence-corrected chi connectivity index (χ2v) is 4.80. The van der Waals surface area contributed by atoms with Gasteiger partial charge in [-0.25, -0.2) is 9.78 Å². The smallest absolute Gasteiger partial charge is 0.331 e. The second-order valence-electron chi connectivity index (χ2n) is 4.80. The minimum atomic E-state index is -0.481. The van der Waals surface area contributed by atoms with Crippen LogP contribution in [0.1, 0.15) is 0 Å². The first kappa shape index (κ1) is 13.1. The van der Waals surface area contributed by atoms with E-state index in [0.717, 1.165) is 4.57 Å². The van der Waals surface area contributed by atoms with Gasteiger partial charge in [-0.3, -0.25) is 13.9 Å². The van der Waals surface area contributed by atoms with Gasteiger partial charge in [-0.1, -0.05) is 30.3 Å². The molecule has 0 unspecified atom stereocenters. The number of benzene rings is 1. The third-order valence-corrected chi connectivity index (χ3v) is 3.47. The lowest BCUT2D eigenvalue weighted by Crippen LogP contribution is -2.37. The maximum absolute atomic E-state index is 12.2. The zero-order chi connectivity index (χ0) is 15.1. The summed E-state index contributed by atoms with van der Waals surface area (Å²) in [6.45, 7) is 0. The third kappa shape index (κ3) is 1.92. The molecule has 6 nitrogen and oxygen atoms in total. The summed E-state index contributed by atoms with van der Waals surface area (Å²) < 4.78 is 2.29. The highest BCUT2D eigenvalue weighted by Gasteiger charge is 2.14. The van der Waals surface area contributed by atoms with E-state index in [0.29, 0.717) is 16.8 Å². The van der Waals surface area contributed by atoms with Crippen molar-refractivity contribution >= 4 is 11.0 Å². The van der Waals surface area contributed by atoms with Gasteiger partial charge in [0, 0.05) is 25.7 Å². The van der Waals surface area contributed by atoms with Crippen molar-refractivity contribution < 1.29 is 5.11 Å². The van der Waals surface area contributed by atoms with E-state index in [1.807, 2.05) is 18.2 Å². The van der Waals surface area contributed by atoms with Crippen LogP contribution in [0.5, 0.6) is 5.75 Å². The van der Waals surface area contributed by atoms with Crippen LogP contribution in [0.3, 0.4) is 0 Å². The van der Waals surface area contributed by atoms with E-state index >= 15 is 0 Å². The molecule has 0 bridgehead atoms. The maximum atomic E-state index is 12.2. The van der Waals surface area contributed by atoms with Crippen LogP contribution in [0.4, 0.5) is 0 Å². The summed E-state index contributed by atoms with van der Waals surface area (Å²) in [5.74, 6) is -0.0723. The SMILES string of the molecule is Cn1c(=O)c2nc(-c3ccccc3)c(O)cc2n(C)c1=O. The van der Waals surface area contributed by atoms with Crippen molar-refractivity contribution in [3.63, 3.8) is 0 Å². The number of nitrogens with zero attached hydrogens (tertiary/aromatic N) is 3. The molecule has 106 valence electrons. The van der Waals surface area contributed by atoms with Gasteiger partial charge in [0.05, 0.1) is 5.52 Å². The van der Waals surface area contributed by atoms with Gasteiger partial charge in [-0.05, 0) is 0 Å². The van der Waals surface area contributed by atoms with E-state index < -0.39 is 11.2 Å². The van der Waals surface area contributed by atoms with Gasteiger partial charge in [0.15, 0.2) is 5.52 Å². The van der Waals surface area contributed by atoms with E-state index in [4.69, 9.17) is 0 Å². The molecule has 2 heterocycles. The van der Waals surface area contributed by atoms with Crippen molar-refractivity contribution in [2.45, 2.75) is 0 Å². The van der Waals surface area contributed by atoms with E-state index in [-0.39, 0.29) is 11.3 Å². The lowest BCUT2D eigenvalue weighted by molar-refractivity contribution is 0.475. The fraction of sp³-hybridized carbons (Fsp3) is 0.133. The Morgan fingerprint density at radius 3 is 2.38 bits per heavy atom. The van der Waals surface area contributed by atoms with Crippen LogP contribution in [0.25, 0.3) is 22.3 Å². The van der Waals surface area contributed by atoms with E-state index in [1.54, 1.807) is 12.1 Å². The average Bonchev–Trinajstić information content (AvgIpc) is 2.51. The Kier molecular flexibility index (Phi) is 2.86. The van der Waals surface area contributed by atoms with Crippen molar-refractivity contribution in [1.82, 2.24) is 14.1 Å². The first-order chi connectivity index (χ1) is 10.0. The molecule has 0 aliphatic rings. The van der Waals surface area contributed by atoms with Crippen molar-refractivity contribution in [2.24, 2.45) is 14.1 Å². The summed E-state index contributed by atoms with van der Waals surface area (Å²) >= 11 is 0. The molecular formula is C15H13N3O3. The van der Waals surface area contributed by atoms with Crippen LogP contribution in [0, 0.1) is 0 Å². The zero-order valence-corrected chi connectivity index (χ0v) is 11.6. The first-order valence-electron chi connectivity index (χ1n) is 6.36. The molecule has 1 N–H and O–H groups in total. The molecule has 0 saturated heterocycles. The van der Waals surface area contributed by atoms with Crippen LogP contribution in [-0.4, -0.2) is 19.2 Å². The molecule has 1 aromatic carbocycles. The van der Waals surface area contributed by atoms with Gasteiger partial charge in [-0.15, -0.1) is 0 Å². The van der Waals surface area contributed by atoms with Crippen molar-refractivity contribution in [3.05, 3.63) is 57.2 Å². The normalized spacial score (nSPS) is 11.0. The predicted molar refractivity (Wildman–Crippen MR) is 79.3 cm³/mol. The van der Waals surface area contributed by atoms with E-state index in [2.05, 4.69) is 4.98 Å². The minimum Gasteiger partial charge on any atom is -0.506 e. The lowest BCUT2D eigenvalue weighted by Gasteiger charge is -2.10. The molecule has 0 fully saturated rings. The molecule has 0 aliphatic carbocycles. The number of rotatable bonds is 1. The van der Waals surface area contributed by atoms with Crippen LogP contribution >= 0.6 is 0 Å². The fourth-order valence-electron chi connectivity index (χ4n) is 2.29. The number of hydrogen-bond donors (Lipinski definition) is 1. The average molecular weight is 283 g/mol. The summed E-state index contributed by atoms with van der Waals surface area (Å²) in [7, 11) is 2.94. The highest BCUT2D eigenvalue weighted by atomic mass is 16.3. The number of aromatic nitrogens is 3. The summed E-state index contributed by atoms with van der Waals surface area (Å²) in [5.41, 5.74) is 0.537. The van der Waals surface area contributed by atoms with Gasteiger partial charge >= 0.3 is 5.69 Å². The van der Waals surface area contributed by atoms with Crippen molar-refractivity contribution in [1.29, 1.82) is 0 Å². The van der Waals surface area contributed by atoms with E-state index in [9.17, 15) is 14.7 Å². The van der Waals surface area contributed by atoms with Gasteiger partial charge in [0.25, 0.3) is 5.56 Å². The summed E-state index contributed by atoms with van der Waals surface area (Å²) in [6, 6.07) is 10.5. The Labute approximate surface area is 119 Å². The van der Waals surface area contributed by atoms with Gasteiger partial charge < -0.3 is 5.11 Å². The van der Waals surface area contributed by atoms with Gasteiger partial charge in [0.2, 0.25) is 0 Å².